The Balaban J connectivity index is 2.87. The fraction of sp³-hybridized carbons (Fsp3) is 0.500. The van der Waals surface area contributed by atoms with Gasteiger partial charge in [-0.15, -0.1) is 0 Å². The molecule has 0 nitrogen and oxygen atoms in total. The standard InChI is InChI=1S/C12H18S/c1-9-6-10(2)8-12(7-9)11(3)4-5-13/h6-8,11,13H,4-5H2,1-3H3. The van der Waals surface area contributed by atoms with E-state index in [2.05, 4.69) is 51.6 Å². The van der Waals surface area contributed by atoms with E-state index in [0.29, 0.717) is 5.92 Å². The molecule has 0 fully saturated rings. The van der Waals surface area contributed by atoms with Crippen molar-refractivity contribution in [2.45, 2.75) is 33.1 Å². The lowest BCUT2D eigenvalue weighted by Gasteiger charge is -2.12. The van der Waals surface area contributed by atoms with Gasteiger partial charge in [-0.2, -0.15) is 12.6 Å². The van der Waals surface area contributed by atoms with Crippen molar-refractivity contribution in [3.8, 4) is 0 Å². The summed E-state index contributed by atoms with van der Waals surface area (Å²) in [4.78, 5) is 0. The molecule has 0 saturated carbocycles. The number of thiol groups is 1. The van der Waals surface area contributed by atoms with Gasteiger partial charge in [-0.3, -0.25) is 0 Å². The molecule has 0 radical (unpaired) electrons. The molecule has 0 bridgehead atoms. The third-order valence-corrected chi connectivity index (χ3v) is 2.63. The lowest BCUT2D eigenvalue weighted by molar-refractivity contribution is 0.740. The molecule has 72 valence electrons. The molecule has 1 unspecified atom stereocenters. The summed E-state index contributed by atoms with van der Waals surface area (Å²) >= 11 is 4.26. The van der Waals surface area contributed by atoms with Gasteiger partial charge in [0.05, 0.1) is 0 Å². The third-order valence-electron chi connectivity index (χ3n) is 2.38. The van der Waals surface area contributed by atoms with Crippen LogP contribution >= 0.6 is 12.6 Å². The van der Waals surface area contributed by atoms with Gasteiger partial charge in [-0.1, -0.05) is 36.2 Å². The van der Waals surface area contributed by atoms with E-state index in [1.165, 1.54) is 16.7 Å². The smallest absolute Gasteiger partial charge is 0.00922 e. The first-order valence-electron chi connectivity index (χ1n) is 4.82. The molecule has 1 aromatic carbocycles. The Morgan fingerprint density at radius 3 is 2.15 bits per heavy atom. The highest BCUT2D eigenvalue weighted by atomic mass is 32.1. The van der Waals surface area contributed by atoms with Crippen molar-refractivity contribution in [2.75, 3.05) is 5.75 Å². The summed E-state index contributed by atoms with van der Waals surface area (Å²) in [5.74, 6) is 1.60. The molecule has 0 aliphatic heterocycles. The molecule has 0 aromatic heterocycles. The molecule has 1 rings (SSSR count). The summed E-state index contributed by atoms with van der Waals surface area (Å²) in [6, 6.07) is 6.78. The average molecular weight is 194 g/mol. The Hall–Kier alpha value is -0.430. The van der Waals surface area contributed by atoms with Crippen LogP contribution in [0.3, 0.4) is 0 Å². The van der Waals surface area contributed by atoms with E-state index in [4.69, 9.17) is 0 Å². The lowest BCUT2D eigenvalue weighted by atomic mass is 9.95. The number of rotatable bonds is 3. The highest BCUT2D eigenvalue weighted by Crippen LogP contribution is 2.21. The van der Waals surface area contributed by atoms with Crippen LogP contribution in [0.2, 0.25) is 0 Å². The zero-order valence-corrected chi connectivity index (χ0v) is 9.57. The summed E-state index contributed by atoms with van der Waals surface area (Å²) in [5, 5.41) is 0. The second-order valence-electron chi connectivity index (χ2n) is 3.83. The Labute approximate surface area is 86.8 Å². The molecular weight excluding hydrogens is 176 g/mol. The van der Waals surface area contributed by atoms with E-state index in [1.54, 1.807) is 0 Å². The molecule has 0 saturated heterocycles. The minimum absolute atomic E-state index is 0.635. The van der Waals surface area contributed by atoms with Gasteiger partial charge < -0.3 is 0 Å². The van der Waals surface area contributed by atoms with Crippen LogP contribution in [0.5, 0.6) is 0 Å². The quantitative estimate of drug-likeness (QED) is 0.696. The van der Waals surface area contributed by atoms with Crippen molar-refractivity contribution in [3.05, 3.63) is 34.9 Å². The largest absolute Gasteiger partial charge is 0.179 e. The van der Waals surface area contributed by atoms with E-state index in [1.807, 2.05) is 0 Å². The van der Waals surface area contributed by atoms with Crippen molar-refractivity contribution >= 4 is 12.6 Å². The Kier molecular flexibility index (Phi) is 3.86. The molecule has 13 heavy (non-hydrogen) atoms. The van der Waals surface area contributed by atoms with Gasteiger partial charge in [0.1, 0.15) is 0 Å². The zero-order valence-electron chi connectivity index (χ0n) is 8.67. The first kappa shape index (κ1) is 10.6. The first-order valence-corrected chi connectivity index (χ1v) is 5.46. The molecule has 0 aliphatic rings. The lowest BCUT2D eigenvalue weighted by Crippen LogP contribution is -1.95. The van der Waals surface area contributed by atoms with Crippen LogP contribution in [0.15, 0.2) is 18.2 Å². The number of aryl methyl sites for hydroxylation is 2. The molecule has 1 aromatic rings. The average Bonchev–Trinajstić information content (AvgIpc) is 2.03. The summed E-state index contributed by atoms with van der Waals surface area (Å²) in [7, 11) is 0. The van der Waals surface area contributed by atoms with E-state index in [0.717, 1.165) is 12.2 Å². The predicted octanol–water partition coefficient (Wildman–Crippen LogP) is 3.73. The van der Waals surface area contributed by atoms with Gasteiger partial charge in [0.15, 0.2) is 0 Å². The summed E-state index contributed by atoms with van der Waals surface area (Å²) in [5.41, 5.74) is 4.17. The molecule has 0 heterocycles. The van der Waals surface area contributed by atoms with Crippen molar-refractivity contribution < 1.29 is 0 Å². The number of benzene rings is 1. The molecule has 0 N–H and O–H groups in total. The van der Waals surface area contributed by atoms with Crippen LogP contribution in [-0.4, -0.2) is 5.75 Å². The molecular formula is C12H18S. The molecule has 1 heteroatoms. The Morgan fingerprint density at radius 1 is 1.15 bits per heavy atom. The summed E-state index contributed by atoms with van der Waals surface area (Å²) < 4.78 is 0. The van der Waals surface area contributed by atoms with Gasteiger partial charge >= 0.3 is 0 Å². The van der Waals surface area contributed by atoms with Crippen LogP contribution in [-0.2, 0) is 0 Å². The minimum Gasteiger partial charge on any atom is -0.179 e. The summed E-state index contributed by atoms with van der Waals surface area (Å²) in [6.45, 7) is 6.58. The van der Waals surface area contributed by atoms with Gasteiger partial charge in [0.25, 0.3) is 0 Å². The Bertz CT molecular complexity index is 258. The Morgan fingerprint density at radius 2 is 1.69 bits per heavy atom. The normalized spacial score (nSPS) is 12.9. The fourth-order valence-electron chi connectivity index (χ4n) is 1.65. The maximum atomic E-state index is 4.26. The maximum Gasteiger partial charge on any atom is -0.00922 e. The van der Waals surface area contributed by atoms with Gasteiger partial charge in [0, 0.05) is 0 Å². The number of hydrogen-bond donors (Lipinski definition) is 1. The highest BCUT2D eigenvalue weighted by Gasteiger charge is 2.04. The molecule has 1 atom stereocenters. The van der Waals surface area contributed by atoms with Crippen LogP contribution in [0, 0.1) is 13.8 Å². The van der Waals surface area contributed by atoms with E-state index >= 15 is 0 Å². The first-order chi connectivity index (χ1) is 6.13. The zero-order chi connectivity index (χ0) is 9.84. The van der Waals surface area contributed by atoms with Crippen LogP contribution < -0.4 is 0 Å². The van der Waals surface area contributed by atoms with Gasteiger partial charge in [0.2, 0.25) is 0 Å². The van der Waals surface area contributed by atoms with Crippen molar-refractivity contribution in [2.24, 2.45) is 0 Å². The monoisotopic (exact) mass is 194 g/mol. The van der Waals surface area contributed by atoms with Gasteiger partial charge in [-0.25, -0.2) is 0 Å². The second-order valence-corrected chi connectivity index (χ2v) is 4.28. The third kappa shape index (κ3) is 3.07. The van der Waals surface area contributed by atoms with E-state index < -0.39 is 0 Å². The topological polar surface area (TPSA) is 0 Å². The SMILES string of the molecule is Cc1cc(C)cc(C(C)CCS)c1. The predicted molar refractivity (Wildman–Crippen MR) is 62.8 cm³/mol. The van der Waals surface area contributed by atoms with Crippen molar-refractivity contribution in [1.29, 1.82) is 0 Å². The van der Waals surface area contributed by atoms with Crippen LogP contribution in [0.1, 0.15) is 36.0 Å². The molecule has 0 amide bonds. The fourth-order valence-corrected chi connectivity index (χ4v) is 2.04. The maximum absolute atomic E-state index is 4.26. The van der Waals surface area contributed by atoms with Crippen LogP contribution in [0.25, 0.3) is 0 Å². The summed E-state index contributed by atoms with van der Waals surface area (Å²) in [6.07, 6.45) is 1.16. The minimum atomic E-state index is 0.635. The second kappa shape index (κ2) is 4.71. The number of hydrogen-bond acceptors (Lipinski definition) is 1. The molecule has 0 spiro atoms. The van der Waals surface area contributed by atoms with Crippen LogP contribution in [0.4, 0.5) is 0 Å². The highest BCUT2D eigenvalue weighted by molar-refractivity contribution is 7.80. The van der Waals surface area contributed by atoms with Gasteiger partial charge in [-0.05, 0) is 37.5 Å². The van der Waals surface area contributed by atoms with E-state index in [9.17, 15) is 0 Å². The van der Waals surface area contributed by atoms with Crippen molar-refractivity contribution in [3.63, 3.8) is 0 Å². The van der Waals surface area contributed by atoms with Crippen molar-refractivity contribution in [1.82, 2.24) is 0 Å². The molecule has 0 aliphatic carbocycles. The van der Waals surface area contributed by atoms with E-state index in [-0.39, 0.29) is 0 Å².